The summed E-state index contributed by atoms with van der Waals surface area (Å²) in [5.74, 6) is 5.62. The number of para-hydroxylation sites is 3. The smallest absolute Gasteiger partial charge is 0.266 e. The van der Waals surface area contributed by atoms with Gasteiger partial charge in [0.25, 0.3) is 6.71 Å². The molecule has 13 aromatic rings. The molecule has 10 nitrogen and oxygen atoms in total. The highest BCUT2D eigenvalue weighted by Crippen LogP contribution is 2.51. The third-order valence-corrected chi connectivity index (χ3v) is 16.2. The van der Waals surface area contributed by atoms with Gasteiger partial charge in [0, 0.05) is 57.7 Å². The van der Waals surface area contributed by atoms with Gasteiger partial charge in [-0.05, 0) is 136 Å². The summed E-state index contributed by atoms with van der Waals surface area (Å²) in [6.07, 6.45) is 1.84. The third-order valence-electron chi connectivity index (χ3n) is 16.2. The van der Waals surface area contributed by atoms with Gasteiger partial charge in [-0.2, -0.15) is 0 Å². The summed E-state index contributed by atoms with van der Waals surface area (Å²) < 4.78 is 112. The van der Waals surface area contributed by atoms with E-state index in [0.29, 0.717) is 34.5 Å². The van der Waals surface area contributed by atoms with Gasteiger partial charge in [0.2, 0.25) is 5.78 Å². The number of nitrogens with zero attached hydrogens (tertiary/aromatic N) is 7. The van der Waals surface area contributed by atoms with Crippen LogP contribution in [-0.4, -0.2) is 32.3 Å². The first-order chi connectivity index (χ1) is 44.4. The second kappa shape index (κ2) is 17.5. The van der Waals surface area contributed by atoms with Crippen molar-refractivity contribution < 1.29 is 27.9 Å². The van der Waals surface area contributed by atoms with Crippen LogP contribution in [0.3, 0.4) is 0 Å². The zero-order valence-corrected chi connectivity index (χ0v) is 44.4. The summed E-state index contributed by atoms with van der Waals surface area (Å²) in [4.78, 5) is 16.7. The van der Waals surface area contributed by atoms with Crippen molar-refractivity contribution in [3.05, 3.63) is 242 Å². The Hall–Kier alpha value is -10.5. The topological polar surface area (TPSA) is 72.5 Å². The standard InChI is InChI=1S/C71H50BN7O3/c1-71(2,3)46-37-38-73-65(39-46)79-60-42-50(80-49-22-12-21-47(40-49)75-43-76(56-26-11-10-25-55(56)75)69-51(44-17-6-4-7-18-44)23-13-24-52(69)45-19-8-5-9-20-45)34-36-57(60)78-54-35-33-48(41-53(54)74-70(78)79)77-58-27-14-29-61-66(58)72-67-59(77)28-15-30-62(67)82-64-32-16-31-63(81-61)68(64)72/h4-42H,43H2,1-3H3/i4D,5D,6D,7D,8D,9D,17D,18D,19D,20D. The maximum absolute atomic E-state index is 9.14. The van der Waals surface area contributed by atoms with E-state index in [0.717, 1.165) is 89.8 Å². The fourth-order valence-corrected chi connectivity index (χ4v) is 12.6. The Labute approximate surface area is 488 Å². The Bertz CT molecular complexity index is 5220. The zero-order chi connectivity index (χ0) is 63.1. The largest absolute Gasteiger partial charge is 0.458 e. The van der Waals surface area contributed by atoms with Crippen LogP contribution in [-0.2, 0) is 5.41 Å². The van der Waals surface area contributed by atoms with Crippen molar-refractivity contribution in [2.75, 3.05) is 21.4 Å². The van der Waals surface area contributed by atoms with Gasteiger partial charge in [0.15, 0.2) is 0 Å². The van der Waals surface area contributed by atoms with Crippen LogP contribution in [0.2, 0.25) is 0 Å². The number of benzene rings is 10. The molecule has 0 aliphatic carbocycles. The fraction of sp³-hybridized carbons (Fsp3) is 0.0704. The van der Waals surface area contributed by atoms with E-state index >= 15 is 0 Å². The molecule has 11 heteroatoms. The van der Waals surface area contributed by atoms with Crippen molar-refractivity contribution in [3.8, 4) is 62.6 Å². The number of ether oxygens (including phenoxy) is 3. The zero-order valence-electron chi connectivity index (χ0n) is 54.4. The highest BCUT2D eigenvalue weighted by molar-refractivity contribution is 7.00. The Kier molecular flexibility index (Phi) is 7.97. The second-order valence-electron chi connectivity index (χ2n) is 21.9. The van der Waals surface area contributed by atoms with Crippen LogP contribution >= 0.6 is 0 Å². The first-order valence-corrected chi connectivity index (χ1v) is 27.1. The van der Waals surface area contributed by atoms with Crippen LogP contribution in [0.25, 0.3) is 55.9 Å². The summed E-state index contributed by atoms with van der Waals surface area (Å²) in [6.45, 7) is 6.55. The van der Waals surface area contributed by atoms with Gasteiger partial charge < -0.3 is 28.9 Å². The van der Waals surface area contributed by atoms with Gasteiger partial charge in [-0.3, -0.25) is 8.97 Å². The summed E-state index contributed by atoms with van der Waals surface area (Å²) in [7, 11) is 0. The molecule has 0 N–H and O–H groups in total. The van der Waals surface area contributed by atoms with Gasteiger partial charge in [-0.25, -0.2) is 9.97 Å². The summed E-state index contributed by atoms with van der Waals surface area (Å²) in [6, 6.07) is 50.0. The average molecular weight is 1070 g/mol. The molecule has 0 saturated heterocycles. The molecular formula is C71H50BN7O3. The molecule has 0 atom stereocenters. The minimum Gasteiger partial charge on any atom is -0.458 e. The van der Waals surface area contributed by atoms with Crippen LogP contribution in [0.15, 0.2) is 236 Å². The van der Waals surface area contributed by atoms with Gasteiger partial charge in [-0.15, -0.1) is 0 Å². The van der Waals surface area contributed by atoms with Gasteiger partial charge in [0.05, 0.1) is 52.8 Å². The molecule has 4 aliphatic heterocycles. The van der Waals surface area contributed by atoms with E-state index in [-0.39, 0.29) is 46.7 Å². The number of pyridine rings is 1. The fourth-order valence-electron chi connectivity index (χ4n) is 12.6. The number of hydrogen-bond acceptors (Lipinski definition) is 8. The Morgan fingerprint density at radius 3 is 1.80 bits per heavy atom. The maximum Gasteiger partial charge on any atom is 0.266 e. The molecule has 390 valence electrons. The number of fused-ring (bicyclic) bond motifs is 6. The molecule has 0 amide bonds. The molecule has 7 heterocycles. The lowest BCUT2D eigenvalue weighted by molar-refractivity contribution is 0.464. The van der Waals surface area contributed by atoms with E-state index in [1.54, 1.807) is 18.2 Å². The van der Waals surface area contributed by atoms with Crippen molar-refractivity contribution >= 4 is 90.8 Å². The molecular weight excluding hydrogens is 1010 g/mol. The average Bonchev–Trinajstić information content (AvgIpc) is 0.889. The molecule has 3 aromatic heterocycles. The Morgan fingerprint density at radius 2 is 1.12 bits per heavy atom. The highest BCUT2D eigenvalue weighted by atomic mass is 16.5. The van der Waals surface area contributed by atoms with Crippen LogP contribution in [0.1, 0.15) is 40.0 Å². The van der Waals surface area contributed by atoms with Crippen LogP contribution < -0.4 is 45.3 Å². The molecule has 0 bridgehead atoms. The van der Waals surface area contributed by atoms with Crippen molar-refractivity contribution in [2.24, 2.45) is 0 Å². The van der Waals surface area contributed by atoms with E-state index in [1.165, 1.54) is 0 Å². The molecule has 82 heavy (non-hydrogen) atoms. The molecule has 0 fully saturated rings. The summed E-state index contributed by atoms with van der Waals surface area (Å²) in [5.41, 5.74) is 13.0. The number of aromatic nitrogens is 4. The van der Waals surface area contributed by atoms with E-state index in [1.807, 2.05) is 131 Å². The number of anilines is 7. The maximum atomic E-state index is 9.14. The molecule has 0 saturated carbocycles. The summed E-state index contributed by atoms with van der Waals surface area (Å²) in [5, 5.41) is 0. The van der Waals surface area contributed by atoms with Gasteiger partial charge >= 0.3 is 0 Å². The molecule has 10 aromatic carbocycles. The molecule has 4 aliphatic rings. The predicted octanol–water partition coefficient (Wildman–Crippen LogP) is 16.0. The first-order valence-electron chi connectivity index (χ1n) is 32.1. The lowest BCUT2D eigenvalue weighted by Gasteiger charge is -2.42. The lowest BCUT2D eigenvalue weighted by Crippen LogP contribution is -2.61. The molecule has 0 radical (unpaired) electrons. The number of imidazole rings is 2. The van der Waals surface area contributed by atoms with Crippen molar-refractivity contribution in [1.29, 1.82) is 0 Å². The van der Waals surface area contributed by atoms with E-state index in [4.69, 9.17) is 37.9 Å². The molecule has 0 unspecified atom stereocenters. The first kappa shape index (κ1) is 37.4. The minimum atomic E-state index is -0.562. The van der Waals surface area contributed by atoms with Crippen molar-refractivity contribution in [3.63, 3.8) is 0 Å². The lowest BCUT2D eigenvalue weighted by atomic mass is 9.33. The van der Waals surface area contributed by atoms with Crippen LogP contribution in [0, 0.1) is 0 Å². The normalized spacial score (nSPS) is 15.3. The van der Waals surface area contributed by atoms with Crippen LogP contribution in [0.4, 0.5) is 39.8 Å². The quantitative estimate of drug-likeness (QED) is 0.139. The number of hydrogen-bond donors (Lipinski definition) is 0. The van der Waals surface area contributed by atoms with E-state index in [9.17, 15) is 0 Å². The highest BCUT2D eigenvalue weighted by Gasteiger charge is 2.47. The predicted molar refractivity (Wildman–Crippen MR) is 331 cm³/mol. The second-order valence-corrected chi connectivity index (χ2v) is 21.9. The Morgan fingerprint density at radius 1 is 0.524 bits per heavy atom. The van der Waals surface area contributed by atoms with Crippen molar-refractivity contribution in [1.82, 2.24) is 18.9 Å². The van der Waals surface area contributed by atoms with Gasteiger partial charge in [-0.1, -0.05) is 136 Å². The third kappa shape index (κ3) is 6.95. The molecule has 17 rings (SSSR count). The van der Waals surface area contributed by atoms with E-state index in [2.05, 4.69) is 71.0 Å². The van der Waals surface area contributed by atoms with Crippen molar-refractivity contribution in [2.45, 2.75) is 26.2 Å². The van der Waals surface area contributed by atoms with Gasteiger partial charge in [0.1, 0.15) is 47.0 Å². The summed E-state index contributed by atoms with van der Waals surface area (Å²) >= 11 is 0. The van der Waals surface area contributed by atoms with Crippen LogP contribution in [0.5, 0.6) is 34.5 Å². The SMILES string of the molecule is [2H]c1c([2H])c([2H])c(-c2cccc(-c3c([2H])c([2H])c([2H])c([2H])c3[2H])c2N2CN(c3cccc(Oc4ccc5c(c4)n(-c4cc(C(C)(C)C)ccn4)c4nc6cc(N7c8cccc9c8B8c%10c(cccc%10Oc%10cccc7c%108)O9)ccc6n54)c3)c3ccccc32)c([2H])c1[2H]. The monoisotopic (exact) mass is 1070 g/mol. The Balaban J connectivity index is 0.767. The molecule has 0 spiro atoms. The van der Waals surface area contributed by atoms with E-state index < -0.39 is 60.4 Å². The minimum absolute atomic E-state index is 0.0650. The number of rotatable bonds is 8.